The molecule has 4 rings (SSSR count). The molecule has 0 saturated carbocycles. The molecule has 0 unspecified atom stereocenters. The van der Waals surface area contributed by atoms with Gasteiger partial charge in [-0.1, -0.05) is 12.1 Å². The van der Waals surface area contributed by atoms with Gasteiger partial charge in [0.1, 0.15) is 11.4 Å². The van der Waals surface area contributed by atoms with Crippen molar-refractivity contribution < 1.29 is 18.0 Å². The Balaban J connectivity index is 1.51. The Hall–Kier alpha value is -3.40. The number of hydrogen-bond acceptors (Lipinski definition) is 7. The first-order valence-corrected chi connectivity index (χ1v) is 10.7. The lowest BCUT2D eigenvalue weighted by molar-refractivity contribution is -0.141. The fourth-order valence-electron chi connectivity index (χ4n) is 3.13. The number of carbonyl (C=O) groups is 1. The van der Waals surface area contributed by atoms with Crippen LogP contribution in [0.15, 0.2) is 54.2 Å². The summed E-state index contributed by atoms with van der Waals surface area (Å²) in [5.41, 5.74) is 1.34. The van der Waals surface area contributed by atoms with Gasteiger partial charge in [-0.05, 0) is 48.6 Å². The third-order valence-corrected chi connectivity index (χ3v) is 5.71. The zero-order valence-electron chi connectivity index (χ0n) is 16.9. The van der Waals surface area contributed by atoms with Crippen LogP contribution in [0.1, 0.15) is 46.8 Å². The van der Waals surface area contributed by atoms with E-state index in [1.807, 2.05) is 36.6 Å². The van der Waals surface area contributed by atoms with E-state index >= 15 is 0 Å². The number of aromatic nitrogens is 4. The second-order valence-electron chi connectivity index (χ2n) is 7.12. The standard InChI is InChI=1S/C22H18F3N5OS/c1-13(15-4-2-3-10-26-15)28-21-29-16-9-11-32-20(16)19(30-21)17(31)7-5-14-6-8-18(27-12-14)22(23,24)25/h2-4,6,8-13H,5,7H2,1H3,(H,28,29,30)/t13-/m0/s1. The summed E-state index contributed by atoms with van der Waals surface area (Å²) in [4.78, 5) is 29.6. The monoisotopic (exact) mass is 457 g/mol. The van der Waals surface area contributed by atoms with Crippen LogP contribution in [0.3, 0.4) is 0 Å². The van der Waals surface area contributed by atoms with E-state index in [4.69, 9.17) is 0 Å². The summed E-state index contributed by atoms with van der Waals surface area (Å²) >= 11 is 1.37. The van der Waals surface area contributed by atoms with Gasteiger partial charge >= 0.3 is 6.18 Å². The molecule has 4 aromatic rings. The molecule has 0 fully saturated rings. The molecule has 1 atom stereocenters. The van der Waals surface area contributed by atoms with Gasteiger partial charge in [0.25, 0.3) is 0 Å². The van der Waals surface area contributed by atoms with Crippen molar-refractivity contribution >= 4 is 33.3 Å². The van der Waals surface area contributed by atoms with Gasteiger partial charge in [0, 0.05) is 18.8 Å². The molecule has 10 heteroatoms. The van der Waals surface area contributed by atoms with E-state index in [-0.39, 0.29) is 24.7 Å². The van der Waals surface area contributed by atoms with Gasteiger partial charge in [0.05, 0.1) is 22.0 Å². The summed E-state index contributed by atoms with van der Waals surface area (Å²) in [5.74, 6) is 0.0990. The Morgan fingerprint density at radius 2 is 1.97 bits per heavy atom. The van der Waals surface area contributed by atoms with Crippen molar-refractivity contribution in [3.8, 4) is 0 Å². The first kappa shape index (κ1) is 21.8. The molecule has 1 N–H and O–H groups in total. The minimum atomic E-state index is -4.49. The second-order valence-corrected chi connectivity index (χ2v) is 8.04. The van der Waals surface area contributed by atoms with Crippen molar-refractivity contribution in [1.82, 2.24) is 19.9 Å². The number of anilines is 1. The third kappa shape index (κ3) is 4.91. The summed E-state index contributed by atoms with van der Waals surface area (Å²) in [6.45, 7) is 1.92. The maximum atomic E-state index is 12.9. The normalized spacial score (nSPS) is 12.6. The molecule has 4 heterocycles. The highest BCUT2D eigenvalue weighted by molar-refractivity contribution is 7.17. The first-order valence-electron chi connectivity index (χ1n) is 9.79. The molecule has 4 aromatic heterocycles. The molecule has 0 aromatic carbocycles. The number of fused-ring (bicyclic) bond motifs is 1. The largest absolute Gasteiger partial charge is 0.433 e. The van der Waals surface area contributed by atoms with Gasteiger partial charge in [-0.15, -0.1) is 11.3 Å². The number of nitrogens with zero attached hydrogens (tertiary/aromatic N) is 4. The summed E-state index contributed by atoms with van der Waals surface area (Å²) in [6, 6.07) is 9.49. The number of carbonyl (C=O) groups excluding carboxylic acids is 1. The van der Waals surface area contributed by atoms with Crippen LogP contribution in [0.4, 0.5) is 19.1 Å². The number of hydrogen-bond donors (Lipinski definition) is 1. The number of thiophene rings is 1. The smallest absolute Gasteiger partial charge is 0.346 e. The lowest BCUT2D eigenvalue weighted by Gasteiger charge is -2.14. The lowest BCUT2D eigenvalue weighted by atomic mass is 10.1. The maximum absolute atomic E-state index is 12.9. The van der Waals surface area contributed by atoms with Crippen molar-refractivity contribution in [2.24, 2.45) is 0 Å². The summed E-state index contributed by atoms with van der Waals surface area (Å²) in [6.07, 6.45) is -1.30. The maximum Gasteiger partial charge on any atom is 0.433 e. The second kappa shape index (κ2) is 8.99. The van der Waals surface area contributed by atoms with Crippen LogP contribution in [0.2, 0.25) is 0 Å². The van der Waals surface area contributed by atoms with Gasteiger partial charge in [-0.3, -0.25) is 14.8 Å². The predicted octanol–water partition coefficient (Wildman–Crippen LogP) is 5.49. The van der Waals surface area contributed by atoms with E-state index in [0.29, 0.717) is 27.4 Å². The van der Waals surface area contributed by atoms with Crippen LogP contribution in [-0.2, 0) is 12.6 Å². The third-order valence-electron chi connectivity index (χ3n) is 4.80. The molecule has 0 saturated heterocycles. The topological polar surface area (TPSA) is 80.7 Å². The number of rotatable bonds is 7. The van der Waals surface area contributed by atoms with Crippen LogP contribution in [0.5, 0.6) is 0 Å². The number of alkyl halides is 3. The average Bonchev–Trinajstić information content (AvgIpc) is 3.26. The Kier molecular flexibility index (Phi) is 6.13. The molecular formula is C22H18F3N5OS. The Morgan fingerprint density at radius 3 is 2.66 bits per heavy atom. The molecule has 0 amide bonds. The van der Waals surface area contributed by atoms with Crippen LogP contribution in [0.25, 0.3) is 10.2 Å². The van der Waals surface area contributed by atoms with Gasteiger partial charge in [0.2, 0.25) is 5.95 Å². The summed E-state index contributed by atoms with van der Waals surface area (Å²) < 4.78 is 38.7. The highest BCUT2D eigenvalue weighted by atomic mass is 32.1. The molecular weight excluding hydrogens is 439 g/mol. The summed E-state index contributed by atoms with van der Waals surface area (Å²) in [5, 5.41) is 5.02. The zero-order chi connectivity index (χ0) is 22.7. The molecule has 6 nitrogen and oxygen atoms in total. The highest BCUT2D eigenvalue weighted by Crippen LogP contribution is 2.28. The number of nitrogens with one attached hydrogen (secondary N) is 1. The van der Waals surface area contributed by atoms with E-state index < -0.39 is 11.9 Å². The van der Waals surface area contributed by atoms with Crippen LogP contribution in [-0.4, -0.2) is 25.7 Å². The molecule has 0 aliphatic heterocycles. The van der Waals surface area contributed by atoms with Crippen molar-refractivity contribution in [1.29, 1.82) is 0 Å². The fourth-order valence-corrected chi connectivity index (χ4v) is 3.97. The minimum absolute atomic E-state index is 0.0896. The van der Waals surface area contributed by atoms with Gasteiger partial charge in [-0.25, -0.2) is 9.97 Å². The van der Waals surface area contributed by atoms with Crippen molar-refractivity contribution in [3.63, 3.8) is 0 Å². The quantitative estimate of drug-likeness (QED) is 0.370. The lowest BCUT2D eigenvalue weighted by Crippen LogP contribution is -2.13. The van der Waals surface area contributed by atoms with E-state index in [1.54, 1.807) is 6.20 Å². The van der Waals surface area contributed by atoms with E-state index in [9.17, 15) is 18.0 Å². The number of halogens is 3. The molecule has 0 aliphatic carbocycles. The summed E-state index contributed by atoms with van der Waals surface area (Å²) in [7, 11) is 0. The SMILES string of the molecule is C[C@H](Nc1nc(C(=O)CCc2ccc(C(F)(F)F)nc2)c2sccc2n1)c1ccccn1. The van der Waals surface area contributed by atoms with E-state index in [0.717, 1.165) is 18.0 Å². The number of pyridine rings is 2. The molecule has 164 valence electrons. The van der Waals surface area contributed by atoms with Crippen molar-refractivity contribution in [3.05, 3.63) is 76.8 Å². The van der Waals surface area contributed by atoms with Gasteiger partial charge < -0.3 is 5.32 Å². The van der Waals surface area contributed by atoms with Crippen LogP contribution in [0, 0.1) is 0 Å². The average molecular weight is 457 g/mol. The van der Waals surface area contributed by atoms with Gasteiger partial charge in [0.15, 0.2) is 5.78 Å². The Bertz CT molecular complexity index is 1230. The van der Waals surface area contributed by atoms with Gasteiger partial charge in [-0.2, -0.15) is 13.2 Å². The molecule has 0 spiro atoms. The molecule has 0 bridgehead atoms. The van der Waals surface area contributed by atoms with Crippen LogP contribution >= 0.6 is 11.3 Å². The Labute approximate surface area is 185 Å². The highest BCUT2D eigenvalue weighted by Gasteiger charge is 2.32. The predicted molar refractivity (Wildman–Crippen MR) is 116 cm³/mol. The minimum Gasteiger partial charge on any atom is -0.346 e. The molecule has 0 aliphatic rings. The molecule has 0 radical (unpaired) electrons. The van der Waals surface area contributed by atoms with E-state index in [1.165, 1.54) is 17.4 Å². The number of Topliss-reactive ketones (excluding diaryl/α,β-unsaturated/α-hetero) is 1. The molecule has 32 heavy (non-hydrogen) atoms. The van der Waals surface area contributed by atoms with Crippen molar-refractivity contribution in [2.75, 3.05) is 5.32 Å². The van der Waals surface area contributed by atoms with E-state index in [2.05, 4.69) is 25.3 Å². The Morgan fingerprint density at radius 1 is 1.12 bits per heavy atom. The van der Waals surface area contributed by atoms with Crippen molar-refractivity contribution in [2.45, 2.75) is 32.0 Å². The van der Waals surface area contributed by atoms with Crippen LogP contribution < -0.4 is 5.32 Å². The zero-order valence-corrected chi connectivity index (χ0v) is 17.7. The number of aryl methyl sites for hydroxylation is 1. The fraction of sp³-hybridized carbons (Fsp3) is 0.227. The number of ketones is 1. The first-order chi connectivity index (χ1) is 15.3.